The Morgan fingerprint density at radius 3 is 2.42 bits per heavy atom. The van der Waals surface area contributed by atoms with Crippen LogP contribution in [0.15, 0.2) is 30.3 Å². The summed E-state index contributed by atoms with van der Waals surface area (Å²) < 4.78 is 6.12. The van der Waals surface area contributed by atoms with Crippen molar-refractivity contribution in [1.29, 1.82) is 0 Å². The van der Waals surface area contributed by atoms with Crippen molar-refractivity contribution in [2.75, 3.05) is 6.61 Å². The molecule has 0 amide bonds. The largest absolute Gasteiger partial charge is 0.417 e. The van der Waals surface area contributed by atoms with Gasteiger partial charge in [-0.1, -0.05) is 62.7 Å². The molecule has 1 aromatic carbocycles. The summed E-state index contributed by atoms with van der Waals surface area (Å²) in [7, 11) is -1.61. The summed E-state index contributed by atoms with van der Waals surface area (Å²) in [5.74, 6) is 0. The van der Waals surface area contributed by atoms with Crippen LogP contribution in [0.25, 0.3) is 6.08 Å². The van der Waals surface area contributed by atoms with Gasteiger partial charge in [-0.15, -0.1) is 0 Å². The van der Waals surface area contributed by atoms with E-state index >= 15 is 0 Å². The van der Waals surface area contributed by atoms with Crippen LogP contribution in [0.5, 0.6) is 0 Å². The van der Waals surface area contributed by atoms with Crippen molar-refractivity contribution in [1.82, 2.24) is 0 Å². The molecule has 0 aliphatic heterocycles. The van der Waals surface area contributed by atoms with Crippen LogP contribution in [0, 0.1) is 0 Å². The van der Waals surface area contributed by atoms with Crippen LogP contribution in [-0.2, 0) is 4.43 Å². The molecule has 0 bridgehead atoms. The molecule has 0 heterocycles. The van der Waals surface area contributed by atoms with Crippen LogP contribution >= 0.6 is 11.6 Å². The average molecular weight is 297 g/mol. The van der Waals surface area contributed by atoms with Gasteiger partial charge in [-0.25, -0.2) is 0 Å². The number of hydrogen-bond acceptors (Lipinski definition) is 1. The van der Waals surface area contributed by atoms with Gasteiger partial charge in [0.05, 0.1) is 0 Å². The van der Waals surface area contributed by atoms with Gasteiger partial charge in [-0.05, 0) is 36.2 Å². The first-order valence-electron chi connectivity index (χ1n) is 6.79. The topological polar surface area (TPSA) is 9.23 Å². The molecule has 1 nitrogen and oxygen atoms in total. The quantitative estimate of drug-likeness (QED) is 0.495. The molecular weight excluding hydrogens is 272 g/mol. The van der Waals surface area contributed by atoms with Crippen molar-refractivity contribution in [3.63, 3.8) is 0 Å². The monoisotopic (exact) mass is 296 g/mol. The lowest BCUT2D eigenvalue weighted by atomic mass is 10.2. The second-order valence-corrected chi connectivity index (χ2v) is 11.5. The van der Waals surface area contributed by atoms with E-state index in [0.717, 1.165) is 23.6 Å². The molecular formula is C16H25ClOSi. The van der Waals surface area contributed by atoms with E-state index in [9.17, 15) is 0 Å². The third-order valence-electron chi connectivity index (χ3n) is 3.76. The Bertz CT molecular complexity index is 433. The molecule has 106 valence electrons. The number of halogens is 1. The zero-order chi connectivity index (χ0) is 14.5. The van der Waals surface area contributed by atoms with Crippen LogP contribution < -0.4 is 0 Å². The molecule has 0 radical (unpaired) electrons. The summed E-state index contributed by atoms with van der Waals surface area (Å²) in [6, 6.07) is 7.87. The van der Waals surface area contributed by atoms with Crippen molar-refractivity contribution < 1.29 is 4.43 Å². The van der Waals surface area contributed by atoms with Gasteiger partial charge in [0.25, 0.3) is 0 Å². The third kappa shape index (κ3) is 5.13. The molecule has 0 aliphatic carbocycles. The highest BCUT2D eigenvalue weighted by molar-refractivity contribution is 6.74. The van der Waals surface area contributed by atoms with Gasteiger partial charge in [0.1, 0.15) is 0 Å². The molecule has 0 aromatic heterocycles. The van der Waals surface area contributed by atoms with Gasteiger partial charge in [-0.3, -0.25) is 0 Å². The number of hydrogen-bond donors (Lipinski definition) is 0. The summed E-state index contributed by atoms with van der Waals surface area (Å²) >= 11 is 6.09. The predicted octanol–water partition coefficient (Wildman–Crippen LogP) is 5.77. The third-order valence-corrected chi connectivity index (χ3v) is 8.64. The van der Waals surface area contributed by atoms with E-state index in [1.807, 2.05) is 24.3 Å². The van der Waals surface area contributed by atoms with Crippen LogP contribution in [0.2, 0.25) is 23.2 Å². The molecule has 0 spiro atoms. The van der Waals surface area contributed by atoms with E-state index < -0.39 is 8.32 Å². The Hall–Kier alpha value is -0.573. The average Bonchev–Trinajstić information content (AvgIpc) is 2.29. The minimum atomic E-state index is -1.61. The van der Waals surface area contributed by atoms with Crippen LogP contribution in [-0.4, -0.2) is 14.9 Å². The van der Waals surface area contributed by atoms with Crippen LogP contribution in [0.1, 0.15) is 32.8 Å². The first-order valence-corrected chi connectivity index (χ1v) is 10.1. The summed E-state index contributed by atoms with van der Waals surface area (Å²) in [6.45, 7) is 12.1. The Balaban J connectivity index is 2.42. The second-order valence-electron chi connectivity index (χ2n) is 6.32. The lowest BCUT2D eigenvalue weighted by Gasteiger charge is -2.36. The molecule has 1 aromatic rings. The summed E-state index contributed by atoms with van der Waals surface area (Å²) in [5, 5.41) is 1.07. The first-order chi connectivity index (χ1) is 8.74. The second kappa shape index (κ2) is 6.73. The highest BCUT2D eigenvalue weighted by Gasteiger charge is 2.36. The molecule has 19 heavy (non-hydrogen) atoms. The Kier molecular flexibility index (Phi) is 5.84. The van der Waals surface area contributed by atoms with E-state index in [0.29, 0.717) is 0 Å². The number of benzene rings is 1. The van der Waals surface area contributed by atoms with Gasteiger partial charge >= 0.3 is 0 Å². The van der Waals surface area contributed by atoms with E-state index in [1.54, 1.807) is 0 Å². The zero-order valence-corrected chi connectivity index (χ0v) is 14.4. The molecule has 0 atom stereocenters. The molecule has 0 fully saturated rings. The van der Waals surface area contributed by atoms with E-state index in [1.165, 1.54) is 0 Å². The maximum atomic E-state index is 6.12. The highest BCUT2D eigenvalue weighted by Crippen LogP contribution is 2.36. The molecule has 3 heteroatoms. The first kappa shape index (κ1) is 16.5. The fraction of sp³-hybridized carbons (Fsp3) is 0.500. The Labute approximate surface area is 123 Å². The fourth-order valence-electron chi connectivity index (χ4n) is 1.42. The lowest BCUT2D eigenvalue weighted by Crippen LogP contribution is -2.40. The van der Waals surface area contributed by atoms with Crippen molar-refractivity contribution in [3.05, 3.63) is 40.9 Å². The highest BCUT2D eigenvalue weighted by atomic mass is 35.5. The van der Waals surface area contributed by atoms with Crippen molar-refractivity contribution in [2.45, 2.75) is 45.3 Å². The van der Waals surface area contributed by atoms with Crippen molar-refractivity contribution in [2.24, 2.45) is 0 Å². The molecule has 1 rings (SSSR count). The minimum Gasteiger partial charge on any atom is -0.417 e. The Morgan fingerprint density at radius 2 is 1.84 bits per heavy atom. The molecule has 0 unspecified atom stereocenters. The summed E-state index contributed by atoms with van der Waals surface area (Å²) in [4.78, 5) is 0. The maximum absolute atomic E-state index is 6.12. The summed E-state index contributed by atoms with van der Waals surface area (Å²) in [5.41, 5.74) is 1.07. The normalized spacial score (nSPS) is 13.2. The number of rotatable bonds is 5. The van der Waals surface area contributed by atoms with E-state index in [4.69, 9.17) is 16.0 Å². The lowest BCUT2D eigenvalue weighted by molar-refractivity contribution is 0.294. The van der Waals surface area contributed by atoms with Gasteiger partial charge in [-0.2, -0.15) is 0 Å². The summed E-state index contributed by atoms with van der Waals surface area (Å²) in [6.07, 6.45) is 5.13. The van der Waals surface area contributed by atoms with Gasteiger partial charge in [0, 0.05) is 11.6 Å². The maximum Gasteiger partial charge on any atom is 0.191 e. The molecule has 0 aliphatic rings. The zero-order valence-electron chi connectivity index (χ0n) is 12.7. The SMILES string of the molecule is CC(C)(C)[Si](C)(C)OCC/C=C/c1ccccc1Cl. The molecule has 0 saturated heterocycles. The minimum absolute atomic E-state index is 0.277. The molecule has 0 saturated carbocycles. The fourth-order valence-corrected chi connectivity index (χ4v) is 2.68. The van der Waals surface area contributed by atoms with Crippen LogP contribution in [0.3, 0.4) is 0 Å². The standard InChI is InChI=1S/C16H25ClOSi/c1-16(2,3)19(4,5)18-13-9-8-11-14-10-6-7-12-15(14)17/h6-8,10-12H,9,13H2,1-5H3/b11-8+. The predicted molar refractivity (Wildman–Crippen MR) is 88.3 cm³/mol. The van der Waals surface area contributed by atoms with Crippen molar-refractivity contribution in [3.8, 4) is 0 Å². The smallest absolute Gasteiger partial charge is 0.191 e. The van der Waals surface area contributed by atoms with Crippen LogP contribution in [0.4, 0.5) is 0 Å². The Morgan fingerprint density at radius 1 is 1.21 bits per heavy atom. The van der Waals surface area contributed by atoms with Gasteiger partial charge in [0.15, 0.2) is 8.32 Å². The van der Waals surface area contributed by atoms with E-state index in [-0.39, 0.29) is 5.04 Å². The van der Waals surface area contributed by atoms with E-state index in [2.05, 4.69) is 46.0 Å². The van der Waals surface area contributed by atoms with Crippen molar-refractivity contribution >= 4 is 26.0 Å². The molecule has 0 N–H and O–H groups in total. The van der Waals surface area contributed by atoms with Gasteiger partial charge < -0.3 is 4.43 Å². The van der Waals surface area contributed by atoms with Gasteiger partial charge in [0.2, 0.25) is 0 Å².